The van der Waals surface area contributed by atoms with Crippen LogP contribution in [0.15, 0.2) is 18.3 Å². The van der Waals surface area contributed by atoms with Crippen molar-refractivity contribution < 1.29 is 92.7 Å². The molecule has 0 aliphatic carbocycles. The first-order valence-corrected chi connectivity index (χ1v) is 18.6. The Balaban J connectivity index is 0.000000447. The summed E-state index contributed by atoms with van der Waals surface area (Å²) in [7, 11) is -28.3. The van der Waals surface area contributed by atoms with Crippen LogP contribution in [-0.4, -0.2) is 103 Å². The van der Waals surface area contributed by atoms with Crippen molar-refractivity contribution in [3.05, 3.63) is 18.3 Å². The minimum absolute atomic E-state index is 0.656. The molecule has 0 aliphatic heterocycles. The van der Waals surface area contributed by atoms with E-state index >= 15 is 0 Å². The average Bonchev–Trinajstić information content (AvgIpc) is 3.04. The summed E-state index contributed by atoms with van der Waals surface area (Å²) >= 11 is 0. The van der Waals surface area contributed by atoms with Gasteiger partial charge in [0, 0.05) is 11.4 Å². The third-order valence-corrected chi connectivity index (χ3v) is 11.6. The summed E-state index contributed by atoms with van der Waals surface area (Å²) in [6.45, 7) is 0. The summed E-state index contributed by atoms with van der Waals surface area (Å²) < 4.78 is 84.2. The van der Waals surface area contributed by atoms with E-state index < -0.39 is 46.9 Å². The Hall–Kier alpha value is -1.12. The van der Waals surface area contributed by atoms with Crippen LogP contribution in [0.4, 0.5) is 0 Å². The molecule has 2 aromatic rings. The molecule has 8 N–H and O–H groups in total. The van der Waals surface area contributed by atoms with Gasteiger partial charge in [0.1, 0.15) is 0 Å². The molecule has 0 bridgehead atoms. The molecule has 0 amide bonds. The molecule has 0 spiro atoms. The maximum atomic E-state index is 11.2. The number of pyridine rings is 1. The summed E-state index contributed by atoms with van der Waals surface area (Å²) in [6.07, 6.45) is 1.71. The highest BCUT2D eigenvalue weighted by atomic mass is 31.3. The molecule has 2 rings (SSSR count). The predicted molar refractivity (Wildman–Crippen MR) is 130 cm³/mol. The largest absolute Gasteiger partial charge is 0.490 e. The van der Waals surface area contributed by atoms with Crippen molar-refractivity contribution in [1.29, 1.82) is 0 Å². The molecule has 0 saturated heterocycles. The van der Waals surface area contributed by atoms with Crippen LogP contribution in [0.25, 0.3) is 11.2 Å². The van der Waals surface area contributed by atoms with Gasteiger partial charge >= 0.3 is 52.9 Å². The molecule has 25 nitrogen and oxygen atoms in total. The standard InChI is InChI=1S/C10H15N6.H8O19P6/c1-14(2)10(15(3)4)16-8-6-5-7-11-9(8)12-13-16;1-20(2,3)15-22(7,8)17-24(11,12)19-25(13,14)18-23(9,10)16-21(4,5)6/h5-7H,1-4H3;(H,7,8)(H,9,10)(H,11,12)(H,13,14)(H2,1,2,3)(H2,4,5,6)/q+1;. The molecular weight excluding hydrogens is 694 g/mol. The Morgan fingerprint density at radius 3 is 1.49 bits per heavy atom. The van der Waals surface area contributed by atoms with E-state index in [1.54, 1.807) is 10.9 Å². The fraction of sp³-hybridized carbons (Fsp3) is 0.400. The van der Waals surface area contributed by atoms with E-state index in [1.807, 2.05) is 49.8 Å². The average molecular weight is 717 g/mol. The Morgan fingerprint density at radius 2 is 1.15 bits per heavy atom. The van der Waals surface area contributed by atoms with Gasteiger partial charge in [-0.25, -0.2) is 32.4 Å². The maximum absolute atomic E-state index is 11.2. The van der Waals surface area contributed by atoms with Crippen LogP contribution >= 0.6 is 46.9 Å². The number of phosphoric acid groups is 6. The van der Waals surface area contributed by atoms with E-state index in [9.17, 15) is 27.4 Å². The highest BCUT2D eigenvalue weighted by Crippen LogP contribution is 2.74. The zero-order valence-corrected chi connectivity index (χ0v) is 26.0. The van der Waals surface area contributed by atoms with Crippen molar-refractivity contribution in [2.75, 3.05) is 28.2 Å². The minimum Gasteiger partial charge on any atom is -0.302 e. The van der Waals surface area contributed by atoms with Crippen LogP contribution in [0, 0.1) is 0 Å². The molecule has 4 unspecified atom stereocenters. The molecule has 31 heteroatoms. The summed E-state index contributed by atoms with van der Waals surface area (Å²) in [4.78, 5) is 74.2. The molecule has 0 aliphatic rings. The SMILES string of the molecule is CN(C)C(n1nnc2ncccc21)=[N+](C)C.O=P(O)(O)OP(=O)(O)OP(=O)(O)OP(=O)(O)OP(=O)(O)OP(=O)(O)O. The Bertz CT molecular complexity index is 1490. The monoisotopic (exact) mass is 717 g/mol. The van der Waals surface area contributed by atoms with Crippen molar-refractivity contribution in [2.45, 2.75) is 0 Å². The lowest BCUT2D eigenvalue weighted by Crippen LogP contribution is -2.36. The Labute approximate surface area is 228 Å². The molecule has 236 valence electrons. The van der Waals surface area contributed by atoms with Gasteiger partial charge in [0.25, 0.3) is 0 Å². The lowest BCUT2D eigenvalue weighted by atomic mass is 10.4. The first-order chi connectivity index (χ1) is 18.1. The summed E-state index contributed by atoms with van der Waals surface area (Å²) in [5.74, 6) is 0.940. The normalized spacial score (nSPS) is 18.1. The Kier molecular flexibility index (Phi) is 12.6. The Morgan fingerprint density at radius 1 is 0.756 bits per heavy atom. The highest BCUT2D eigenvalue weighted by Gasteiger charge is 2.48. The van der Waals surface area contributed by atoms with Gasteiger partial charge in [-0.1, -0.05) is 9.78 Å². The zero-order chi connectivity index (χ0) is 32.2. The molecule has 0 aromatic carbocycles. The third-order valence-electron chi connectivity index (χ3n) is 3.25. The molecule has 2 heterocycles. The van der Waals surface area contributed by atoms with E-state index in [1.165, 1.54) is 0 Å². The van der Waals surface area contributed by atoms with Crippen LogP contribution in [0.5, 0.6) is 0 Å². The third kappa shape index (κ3) is 14.3. The molecule has 4 atom stereocenters. The molecular formula is C10H23N6O19P6+. The van der Waals surface area contributed by atoms with Gasteiger partial charge in [-0.05, 0) is 12.1 Å². The highest BCUT2D eigenvalue weighted by molar-refractivity contribution is 7.72. The predicted octanol–water partition coefficient (Wildman–Crippen LogP) is -0.480. The number of hydrogen-bond donors (Lipinski definition) is 8. The van der Waals surface area contributed by atoms with Gasteiger partial charge in [-0.3, -0.25) is 9.48 Å². The fourth-order valence-electron chi connectivity index (χ4n) is 2.41. The van der Waals surface area contributed by atoms with Gasteiger partial charge in [0.2, 0.25) is 5.65 Å². The number of aromatic nitrogens is 4. The van der Waals surface area contributed by atoms with Crippen LogP contribution in [0.2, 0.25) is 0 Å². The van der Waals surface area contributed by atoms with E-state index in [2.05, 4.69) is 36.8 Å². The second kappa shape index (κ2) is 13.7. The molecule has 0 fully saturated rings. The van der Waals surface area contributed by atoms with Gasteiger partial charge in [0.05, 0.1) is 28.2 Å². The summed E-state index contributed by atoms with van der Waals surface area (Å²) in [6, 6.07) is 3.83. The quantitative estimate of drug-likeness (QED) is 0.0665. The van der Waals surface area contributed by atoms with Crippen LogP contribution in [0.3, 0.4) is 0 Å². The first kappa shape index (κ1) is 37.9. The van der Waals surface area contributed by atoms with Gasteiger partial charge in [-0.15, -0.1) is 0 Å². The van der Waals surface area contributed by atoms with Crippen molar-refractivity contribution in [3.8, 4) is 0 Å². The van der Waals surface area contributed by atoms with E-state index in [-0.39, 0.29) is 0 Å². The fourth-order valence-corrected chi connectivity index (χ4v) is 9.24. The molecule has 2 aromatic heterocycles. The number of fused-ring (bicyclic) bond motifs is 1. The lowest BCUT2D eigenvalue weighted by Gasteiger charge is -2.19. The number of rotatable bonds is 10. The summed E-state index contributed by atoms with van der Waals surface area (Å²) in [5, 5.41) is 8.15. The van der Waals surface area contributed by atoms with Crippen molar-refractivity contribution in [1.82, 2.24) is 24.9 Å². The van der Waals surface area contributed by atoms with E-state index in [0.717, 1.165) is 11.5 Å². The number of hydrogen-bond acceptors (Lipinski definition) is 14. The number of nitrogens with zero attached hydrogens (tertiary/aromatic N) is 6. The zero-order valence-electron chi connectivity index (χ0n) is 20.7. The first-order valence-electron chi connectivity index (χ1n) is 9.52. The van der Waals surface area contributed by atoms with Crippen molar-refractivity contribution in [2.24, 2.45) is 0 Å². The van der Waals surface area contributed by atoms with Crippen LogP contribution in [0.1, 0.15) is 0 Å². The van der Waals surface area contributed by atoms with Crippen molar-refractivity contribution in [3.63, 3.8) is 0 Å². The summed E-state index contributed by atoms with van der Waals surface area (Å²) in [5.41, 5.74) is 1.56. The minimum atomic E-state index is -6.26. The van der Waals surface area contributed by atoms with Crippen molar-refractivity contribution >= 4 is 64.1 Å². The second-order valence-electron chi connectivity index (χ2n) is 7.20. The van der Waals surface area contributed by atoms with E-state index in [0.29, 0.717) is 5.65 Å². The topological polar surface area (TPSA) is 360 Å². The molecule has 0 radical (unpaired) electrons. The van der Waals surface area contributed by atoms with Gasteiger partial charge in [0.15, 0.2) is 5.52 Å². The molecule has 41 heavy (non-hydrogen) atoms. The van der Waals surface area contributed by atoms with Gasteiger partial charge < -0.3 is 39.1 Å². The molecule has 0 saturated carbocycles. The van der Waals surface area contributed by atoms with Crippen LogP contribution < -0.4 is 0 Å². The maximum Gasteiger partial charge on any atom is 0.490 e. The lowest BCUT2D eigenvalue weighted by molar-refractivity contribution is -0.472. The van der Waals surface area contributed by atoms with Crippen LogP contribution in [-0.2, 0) is 48.9 Å². The van der Waals surface area contributed by atoms with Gasteiger partial charge in [-0.2, -0.15) is 21.6 Å². The smallest absolute Gasteiger partial charge is 0.302 e. The van der Waals surface area contributed by atoms with E-state index in [4.69, 9.17) is 39.1 Å². The second-order valence-corrected chi connectivity index (χ2v) is 16.2.